The number of amides is 2. The molecule has 260 valence electrons. The number of halogens is 3. The first-order valence-electron chi connectivity index (χ1n) is 14.9. The van der Waals surface area contributed by atoms with Gasteiger partial charge in [0.15, 0.2) is 18.5 Å². The number of unbranched alkanes of at least 4 members (excludes halogenated alkanes) is 7. The van der Waals surface area contributed by atoms with Crippen LogP contribution in [0.1, 0.15) is 85.5 Å². The van der Waals surface area contributed by atoms with Crippen LogP contribution in [-0.4, -0.2) is 95.5 Å². The van der Waals surface area contributed by atoms with E-state index in [4.69, 9.17) is 63.2 Å². The number of carbonyl (C=O) groups is 5. The van der Waals surface area contributed by atoms with Gasteiger partial charge >= 0.3 is 30.1 Å². The zero-order valence-corrected chi connectivity index (χ0v) is 28.3. The molecule has 14 nitrogen and oxygen atoms in total. The highest BCUT2D eigenvalue weighted by atomic mass is 35.6. The number of esters is 3. The molecule has 1 rings (SSSR count). The van der Waals surface area contributed by atoms with Crippen molar-refractivity contribution in [1.29, 1.82) is 0 Å². The maximum absolute atomic E-state index is 12.7. The van der Waals surface area contributed by atoms with Gasteiger partial charge in [-0.3, -0.25) is 14.4 Å². The van der Waals surface area contributed by atoms with Gasteiger partial charge in [-0.15, -0.1) is 0 Å². The Hall–Kier alpha value is -2.26. The van der Waals surface area contributed by atoms with Crippen LogP contribution >= 0.6 is 34.8 Å². The Morgan fingerprint density at radius 1 is 0.844 bits per heavy atom. The second kappa shape index (κ2) is 21.5. The molecule has 1 fully saturated rings. The van der Waals surface area contributed by atoms with Crippen LogP contribution in [0.25, 0.3) is 0 Å². The highest BCUT2D eigenvalue weighted by Crippen LogP contribution is 2.29. The van der Waals surface area contributed by atoms with E-state index in [-0.39, 0.29) is 6.61 Å². The topological polar surface area (TPSA) is 185 Å². The zero-order chi connectivity index (χ0) is 34.0. The lowest BCUT2D eigenvalue weighted by molar-refractivity contribution is -0.278. The highest BCUT2D eigenvalue weighted by molar-refractivity contribution is 6.67. The molecule has 0 aliphatic carbocycles. The number of hydrogen-bond donors (Lipinski definition) is 3. The van der Waals surface area contributed by atoms with Crippen LogP contribution in [0.3, 0.4) is 0 Å². The maximum Gasteiger partial charge on any atom is 0.407 e. The van der Waals surface area contributed by atoms with E-state index < -0.39 is 83.8 Å². The molecule has 3 N–H and O–H groups in total. The number of alkyl carbamates (subject to hydrolysis) is 1. The minimum atomic E-state index is -1.94. The number of carboxylic acid groups (broad SMARTS) is 1. The Morgan fingerprint density at radius 2 is 1.42 bits per heavy atom. The smallest absolute Gasteiger partial charge is 0.407 e. The molecule has 0 aromatic rings. The molecular weight excluding hydrogens is 663 g/mol. The molecule has 1 saturated heterocycles. The lowest BCUT2D eigenvalue weighted by Gasteiger charge is -2.45. The quantitative estimate of drug-likeness (QED) is 0.0723. The van der Waals surface area contributed by atoms with Gasteiger partial charge in [0.25, 0.3) is 0 Å². The molecule has 0 saturated carbocycles. The van der Waals surface area contributed by atoms with Crippen LogP contribution < -0.4 is 10.6 Å². The summed E-state index contributed by atoms with van der Waals surface area (Å²) in [6, 6.07) is -2.06. The second-order valence-corrected chi connectivity index (χ2v) is 13.1. The monoisotopic (exact) mass is 706 g/mol. The van der Waals surface area contributed by atoms with Gasteiger partial charge in [0.05, 0.1) is 12.6 Å². The van der Waals surface area contributed by atoms with Crippen molar-refractivity contribution >= 4 is 64.9 Å². The highest BCUT2D eigenvalue weighted by Gasteiger charge is 2.52. The molecule has 17 heteroatoms. The third-order valence-electron chi connectivity index (χ3n) is 6.55. The summed E-state index contributed by atoms with van der Waals surface area (Å²) in [5, 5.41) is 14.3. The Labute approximate surface area is 278 Å². The Kier molecular flexibility index (Phi) is 19.5. The van der Waals surface area contributed by atoms with Crippen molar-refractivity contribution in [2.75, 3.05) is 19.8 Å². The van der Waals surface area contributed by atoms with Crippen molar-refractivity contribution in [3.05, 3.63) is 0 Å². The maximum atomic E-state index is 12.7. The van der Waals surface area contributed by atoms with Crippen LogP contribution in [0.2, 0.25) is 0 Å². The third-order valence-corrected chi connectivity index (χ3v) is 6.88. The molecule has 0 unspecified atom stereocenters. The van der Waals surface area contributed by atoms with Crippen LogP contribution in [-0.2, 0) is 42.8 Å². The first-order valence-corrected chi connectivity index (χ1v) is 16.0. The standard InChI is InChI=1S/C28H45Cl3N2O12/c1-5-6-7-8-9-10-11-12-13-20(32-26(37)38)14-41-25-22(33-27(39)42-16-28(29,30)31)24(44-19(4)36)23(43-18(3)35)21(45-25)15-40-17(2)34/h20-25,32H,5-16H2,1-4H3,(H,33,39)(H,37,38)/t20-,21-,22+,23-,24-,25-/m1/s1. The van der Waals surface area contributed by atoms with Crippen molar-refractivity contribution in [1.82, 2.24) is 10.6 Å². The summed E-state index contributed by atoms with van der Waals surface area (Å²) in [6.45, 7) is 4.19. The summed E-state index contributed by atoms with van der Waals surface area (Å²) in [5.74, 6) is -2.28. The Morgan fingerprint density at radius 3 is 1.96 bits per heavy atom. The molecular formula is C28H45Cl3N2O12. The molecule has 2 amide bonds. The van der Waals surface area contributed by atoms with Gasteiger partial charge in [-0.05, 0) is 6.42 Å². The van der Waals surface area contributed by atoms with E-state index in [1.807, 2.05) is 0 Å². The lowest BCUT2D eigenvalue weighted by Crippen LogP contribution is -2.67. The number of alkyl halides is 3. The molecule has 6 atom stereocenters. The predicted molar refractivity (Wildman–Crippen MR) is 163 cm³/mol. The average molecular weight is 708 g/mol. The summed E-state index contributed by atoms with van der Waals surface area (Å²) in [5.41, 5.74) is 0. The summed E-state index contributed by atoms with van der Waals surface area (Å²) in [7, 11) is 0. The van der Waals surface area contributed by atoms with E-state index in [1.54, 1.807) is 0 Å². The fraction of sp³-hybridized carbons (Fsp3) is 0.821. The number of hydrogen-bond acceptors (Lipinski definition) is 11. The number of ether oxygens (including phenoxy) is 6. The van der Waals surface area contributed by atoms with Crippen LogP contribution in [0.5, 0.6) is 0 Å². The molecule has 0 aromatic heterocycles. The Balaban J connectivity index is 3.20. The van der Waals surface area contributed by atoms with Gasteiger partial charge in [0.2, 0.25) is 3.79 Å². The van der Waals surface area contributed by atoms with Gasteiger partial charge in [0, 0.05) is 20.8 Å². The van der Waals surface area contributed by atoms with Crippen molar-refractivity contribution in [3.8, 4) is 0 Å². The summed E-state index contributed by atoms with van der Waals surface area (Å²) < 4.78 is 30.9. The van der Waals surface area contributed by atoms with E-state index in [9.17, 15) is 29.1 Å². The molecule has 1 aliphatic heterocycles. The minimum Gasteiger partial charge on any atom is -0.465 e. The number of carbonyl (C=O) groups excluding carboxylic acids is 4. The van der Waals surface area contributed by atoms with Crippen molar-refractivity contribution < 1.29 is 57.5 Å². The van der Waals surface area contributed by atoms with Gasteiger partial charge in [-0.2, -0.15) is 0 Å². The minimum absolute atomic E-state index is 0.222. The van der Waals surface area contributed by atoms with E-state index >= 15 is 0 Å². The van der Waals surface area contributed by atoms with E-state index in [2.05, 4.69) is 17.6 Å². The first-order chi connectivity index (χ1) is 21.1. The van der Waals surface area contributed by atoms with Crippen LogP contribution in [0, 0.1) is 0 Å². The van der Waals surface area contributed by atoms with Crippen LogP contribution in [0.15, 0.2) is 0 Å². The number of rotatable bonds is 19. The van der Waals surface area contributed by atoms with Crippen molar-refractivity contribution in [2.45, 2.75) is 126 Å². The Bertz CT molecular complexity index is 952. The fourth-order valence-electron chi connectivity index (χ4n) is 4.63. The number of nitrogens with one attached hydrogen (secondary N) is 2. The first kappa shape index (κ1) is 40.8. The normalized spacial score (nSPS) is 22.1. The summed E-state index contributed by atoms with van der Waals surface area (Å²) in [4.78, 5) is 59.9. The van der Waals surface area contributed by atoms with Gasteiger partial charge in [-0.1, -0.05) is 93.1 Å². The van der Waals surface area contributed by atoms with Gasteiger partial charge in [0.1, 0.15) is 25.4 Å². The summed E-state index contributed by atoms with van der Waals surface area (Å²) >= 11 is 17.0. The molecule has 1 heterocycles. The molecule has 0 bridgehead atoms. The van der Waals surface area contributed by atoms with Gasteiger partial charge in [-0.25, -0.2) is 9.59 Å². The second-order valence-electron chi connectivity index (χ2n) is 10.6. The van der Waals surface area contributed by atoms with E-state index in [0.29, 0.717) is 6.42 Å². The van der Waals surface area contributed by atoms with Crippen LogP contribution in [0.4, 0.5) is 9.59 Å². The van der Waals surface area contributed by atoms with E-state index in [0.717, 1.165) is 59.3 Å². The summed E-state index contributed by atoms with van der Waals surface area (Å²) in [6.07, 6.45) is 0.987. The largest absolute Gasteiger partial charge is 0.465 e. The predicted octanol–water partition coefficient (Wildman–Crippen LogP) is 4.79. The van der Waals surface area contributed by atoms with E-state index in [1.165, 1.54) is 12.8 Å². The van der Waals surface area contributed by atoms with Crippen molar-refractivity contribution in [3.63, 3.8) is 0 Å². The SMILES string of the molecule is CCCCCCCCCC[C@H](CO[C@@H]1O[C@H](COC(C)=O)[C@@H](OC(C)=O)[C@H](OC(C)=O)[C@@H]1NC(=O)OCC(Cl)(Cl)Cl)NC(=O)O. The molecule has 0 aromatic carbocycles. The molecule has 45 heavy (non-hydrogen) atoms. The zero-order valence-electron chi connectivity index (χ0n) is 26.0. The average Bonchev–Trinajstić information content (AvgIpc) is 2.92. The van der Waals surface area contributed by atoms with Crippen molar-refractivity contribution in [2.24, 2.45) is 0 Å². The van der Waals surface area contributed by atoms with Gasteiger partial charge < -0.3 is 44.2 Å². The molecule has 0 spiro atoms. The molecule has 0 radical (unpaired) electrons. The third kappa shape index (κ3) is 18.5. The molecule has 1 aliphatic rings. The fourth-order valence-corrected chi connectivity index (χ4v) is 4.79. The lowest BCUT2D eigenvalue weighted by atomic mass is 9.96.